The minimum absolute atomic E-state index is 0.331. The van der Waals surface area contributed by atoms with Crippen molar-refractivity contribution in [1.29, 1.82) is 0 Å². The summed E-state index contributed by atoms with van der Waals surface area (Å²) in [4.78, 5) is 0. The van der Waals surface area contributed by atoms with Crippen LogP contribution in [0.5, 0.6) is 0 Å². The molecule has 0 bridgehead atoms. The zero-order chi connectivity index (χ0) is 9.41. The van der Waals surface area contributed by atoms with Crippen molar-refractivity contribution < 1.29 is 0 Å². The van der Waals surface area contributed by atoms with Gasteiger partial charge in [-0.3, -0.25) is 0 Å². The van der Waals surface area contributed by atoms with Crippen LogP contribution in [0.2, 0.25) is 0 Å². The molecule has 1 fully saturated rings. The van der Waals surface area contributed by atoms with E-state index in [4.69, 9.17) is 0 Å². The summed E-state index contributed by atoms with van der Waals surface area (Å²) in [6, 6.07) is 0. The standard InChI is InChI=1S/C10H20IN/c1-8-5-9(2,3)12-10(4,6-8)7-11/h8,12H,5-7H2,1-4H3. The Hall–Kier alpha value is 0.690. The Bertz CT molecular complexity index is 167. The number of halogens is 1. The van der Waals surface area contributed by atoms with Crippen LogP contribution in [-0.2, 0) is 0 Å². The number of rotatable bonds is 1. The van der Waals surface area contributed by atoms with Crippen molar-refractivity contribution in [2.45, 2.75) is 51.6 Å². The third-order valence-corrected chi connectivity index (χ3v) is 4.28. The number of hydrogen-bond donors (Lipinski definition) is 1. The highest BCUT2D eigenvalue weighted by atomic mass is 127. The first-order valence-corrected chi connectivity index (χ1v) is 6.25. The van der Waals surface area contributed by atoms with Crippen LogP contribution in [0.4, 0.5) is 0 Å². The van der Waals surface area contributed by atoms with Crippen molar-refractivity contribution in [1.82, 2.24) is 5.32 Å². The van der Waals surface area contributed by atoms with E-state index < -0.39 is 0 Å². The molecule has 1 nitrogen and oxygen atoms in total. The number of alkyl halides is 1. The Labute approximate surface area is 89.8 Å². The molecule has 0 aliphatic carbocycles. The fraction of sp³-hybridized carbons (Fsp3) is 1.00. The van der Waals surface area contributed by atoms with Crippen molar-refractivity contribution >= 4 is 22.6 Å². The van der Waals surface area contributed by atoms with Crippen molar-refractivity contribution in [2.24, 2.45) is 5.92 Å². The summed E-state index contributed by atoms with van der Waals surface area (Å²) in [5.74, 6) is 0.862. The van der Waals surface area contributed by atoms with Crippen LogP contribution in [0.3, 0.4) is 0 Å². The SMILES string of the molecule is CC1CC(C)(C)NC(C)(CI)C1. The van der Waals surface area contributed by atoms with Gasteiger partial charge in [-0.05, 0) is 39.5 Å². The predicted molar refractivity (Wildman–Crippen MR) is 62.9 cm³/mol. The molecule has 1 N–H and O–H groups in total. The Balaban J connectivity index is 2.70. The number of hydrogen-bond acceptors (Lipinski definition) is 1. The van der Waals surface area contributed by atoms with Crippen molar-refractivity contribution in [3.05, 3.63) is 0 Å². The van der Waals surface area contributed by atoms with Crippen LogP contribution in [0, 0.1) is 5.92 Å². The lowest BCUT2D eigenvalue weighted by molar-refractivity contribution is 0.143. The molecule has 1 heterocycles. The van der Waals surface area contributed by atoms with Gasteiger partial charge < -0.3 is 5.32 Å². The fourth-order valence-electron chi connectivity index (χ4n) is 2.72. The molecule has 1 aliphatic heterocycles. The summed E-state index contributed by atoms with van der Waals surface area (Å²) in [5, 5.41) is 3.74. The molecular formula is C10H20IN. The second-order valence-corrected chi connectivity index (χ2v) is 5.98. The van der Waals surface area contributed by atoms with Gasteiger partial charge in [-0.2, -0.15) is 0 Å². The Morgan fingerprint density at radius 3 is 2.33 bits per heavy atom. The van der Waals surface area contributed by atoms with Gasteiger partial charge in [0.25, 0.3) is 0 Å². The highest BCUT2D eigenvalue weighted by Gasteiger charge is 2.37. The normalized spacial score (nSPS) is 41.2. The molecule has 72 valence electrons. The molecule has 0 radical (unpaired) electrons. The Kier molecular flexibility index (Phi) is 3.09. The minimum Gasteiger partial charge on any atom is -0.306 e. The summed E-state index contributed by atoms with van der Waals surface area (Å²) in [6.07, 6.45) is 2.62. The van der Waals surface area contributed by atoms with E-state index >= 15 is 0 Å². The molecule has 1 rings (SSSR count). The lowest BCUT2D eigenvalue weighted by atomic mass is 9.77. The van der Waals surface area contributed by atoms with Gasteiger partial charge in [0.15, 0.2) is 0 Å². The molecule has 0 saturated carbocycles. The van der Waals surface area contributed by atoms with Crippen molar-refractivity contribution in [3.63, 3.8) is 0 Å². The van der Waals surface area contributed by atoms with E-state index in [1.807, 2.05) is 0 Å². The van der Waals surface area contributed by atoms with Gasteiger partial charge in [0, 0.05) is 15.5 Å². The Morgan fingerprint density at radius 2 is 1.92 bits per heavy atom. The van der Waals surface area contributed by atoms with Gasteiger partial charge >= 0.3 is 0 Å². The van der Waals surface area contributed by atoms with E-state index in [9.17, 15) is 0 Å². The van der Waals surface area contributed by atoms with E-state index in [0.29, 0.717) is 11.1 Å². The number of piperidine rings is 1. The van der Waals surface area contributed by atoms with Crippen LogP contribution < -0.4 is 5.32 Å². The topological polar surface area (TPSA) is 12.0 Å². The first-order valence-electron chi connectivity index (χ1n) is 4.72. The van der Waals surface area contributed by atoms with Crippen molar-refractivity contribution in [3.8, 4) is 0 Å². The Morgan fingerprint density at radius 1 is 1.33 bits per heavy atom. The molecule has 0 amide bonds. The first kappa shape index (κ1) is 10.8. The van der Waals surface area contributed by atoms with Crippen LogP contribution in [0.1, 0.15) is 40.5 Å². The monoisotopic (exact) mass is 281 g/mol. The quantitative estimate of drug-likeness (QED) is 0.575. The summed E-state index contributed by atoms with van der Waals surface area (Å²) in [7, 11) is 0. The molecule has 2 heteroatoms. The fourth-order valence-corrected chi connectivity index (χ4v) is 3.22. The molecule has 1 saturated heterocycles. The lowest BCUT2D eigenvalue weighted by Gasteiger charge is -2.46. The van der Waals surface area contributed by atoms with E-state index in [1.165, 1.54) is 17.3 Å². The first-order chi connectivity index (χ1) is 5.37. The predicted octanol–water partition coefficient (Wildman–Crippen LogP) is 2.98. The maximum atomic E-state index is 3.74. The molecule has 1 aliphatic rings. The molecule has 2 unspecified atom stereocenters. The molecule has 0 aromatic heterocycles. The van der Waals surface area contributed by atoms with Gasteiger partial charge in [-0.1, -0.05) is 29.5 Å². The summed E-state index contributed by atoms with van der Waals surface area (Å²) in [6.45, 7) is 9.34. The zero-order valence-electron chi connectivity index (χ0n) is 8.58. The van der Waals surface area contributed by atoms with Crippen LogP contribution >= 0.6 is 22.6 Å². The van der Waals surface area contributed by atoms with Gasteiger partial charge in [-0.15, -0.1) is 0 Å². The highest BCUT2D eigenvalue weighted by Crippen LogP contribution is 2.33. The molecule has 0 aromatic carbocycles. The van der Waals surface area contributed by atoms with Crippen molar-refractivity contribution in [2.75, 3.05) is 4.43 Å². The van der Waals surface area contributed by atoms with E-state index in [2.05, 4.69) is 55.6 Å². The van der Waals surface area contributed by atoms with Gasteiger partial charge in [-0.25, -0.2) is 0 Å². The highest BCUT2D eigenvalue weighted by molar-refractivity contribution is 14.1. The van der Waals surface area contributed by atoms with Gasteiger partial charge in [0.05, 0.1) is 0 Å². The minimum atomic E-state index is 0.331. The van der Waals surface area contributed by atoms with Crippen LogP contribution in [0.15, 0.2) is 0 Å². The molecular weight excluding hydrogens is 261 g/mol. The second-order valence-electron chi connectivity index (χ2n) is 5.22. The van der Waals surface area contributed by atoms with Crippen LogP contribution in [-0.4, -0.2) is 15.5 Å². The maximum absolute atomic E-state index is 3.74. The summed E-state index contributed by atoms with van der Waals surface area (Å²) in [5.41, 5.74) is 0.694. The zero-order valence-corrected chi connectivity index (χ0v) is 10.7. The average Bonchev–Trinajstić information content (AvgIpc) is 1.82. The average molecular weight is 281 g/mol. The second kappa shape index (κ2) is 3.45. The van der Waals surface area contributed by atoms with E-state index in [-0.39, 0.29) is 0 Å². The molecule has 2 atom stereocenters. The van der Waals surface area contributed by atoms with Gasteiger partial charge in [0.2, 0.25) is 0 Å². The lowest BCUT2D eigenvalue weighted by Crippen LogP contribution is -2.59. The van der Waals surface area contributed by atoms with E-state index in [1.54, 1.807) is 0 Å². The van der Waals surface area contributed by atoms with Gasteiger partial charge in [0.1, 0.15) is 0 Å². The largest absolute Gasteiger partial charge is 0.306 e. The molecule has 0 aromatic rings. The number of nitrogens with one attached hydrogen (secondary N) is 1. The van der Waals surface area contributed by atoms with Crippen LogP contribution in [0.25, 0.3) is 0 Å². The van der Waals surface area contributed by atoms with E-state index in [0.717, 1.165) is 5.92 Å². The third-order valence-electron chi connectivity index (χ3n) is 2.59. The summed E-state index contributed by atoms with van der Waals surface area (Å²) < 4.78 is 1.21. The summed E-state index contributed by atoms with van der Waals surface area (Å²) >= 11 is 2.49. The smallest absolute Gasteiger partial charge is 0.0250 e. The molecule has 0 spiro atoms. The molecule has 12 heavy (non-hydrogen) atoms. The third kappa shape index (κ3) is 2.59. The maximum Gasteiger partial charge on any atom is 0.0250 e.